The van der Waals surface area contributed by atoms with Gasteiger partial charge in [0.25, 0.3) is 8.32 Å². The zero-order chi connectivity index (χ0) is 47.4. The van der Waals surface area contributed by atoms with E-state index in [1.807, 2.05) is 158 Å². The number of hydrogen-bond donors (Lipinski definition) is 3. The van der Waals surface area contributed by atoms with E-state index in [0.29, 0.717) is 0 Å². The van der Waals surface area contributed by atoms with Gasteiger partial charge in [0.15, 0.2) is 12.6 Å². The first-order valence-electron chi connectivity index (χ1n) is 23.4. The topological polar surface area (TPSA) is 135 Å². The summed E-state index contributed by atoms with van der Waals surface area (Å²) in [6, 6.07) is 59.4. The molecule has 358 valence electrons. The van der Waals surface area contributed by atoms with Crippen molar-refractivity contribution in [1.29, 1.82) is 0 Å². The summed E-state index contributed by atoms with van der Waals surface area (Å²) in [7, 11) is -3.18. The highest BCUT2D eigenvalue weighted by Crippen LogP contribution is 2.39. The molecule has 11 nitrogen and oxygen atoms in total. The molecule has 0 radical (unpaired) electrons. The van der Waals surface area contributed by atoms with Crippen LogP contribution in [0.2, 0.25) is 5.04 Å². The van der Waals surface area contributed by atoms with Gasteiger partial charge in [0, 0.05) is 0 Å². The maximum atomic E-state index is 12.2. The minimum Gasteiger partial charge on any atom is -0.405 e. The summed E-state index contributed by atoms with van der Waals surface area (Å²) < 4.78 is 54.7. The van der Waals surface area contributed by atoms with Crippen molar-refractivity contribution in [2.75, 3.05) is 13.2 Å². The number of aliphatic hydroxyl groups excluding tert-OH is 3. The molecule has 0 aromatic heterocycles. The van der Waals surface area contributed by atoms with Crippen LogP contribution in [0.4, 0.5) is 0 Å². The predicted octanol–water partition coefficient (Wildman–Crippen LogP) is 7.09. The monoisotopic (exact) mass is 940 g/mol. The molecule has 2 fully saturated rings. The number of rotatable bonds is 20. The van der Waals surface area contributed by atoms with Gasteiger partial charge in [-0.15, -0.1) is 0 Å². The maximum Gasteiger partial charge on any atom is 0.261 e. The highest BCUT2D eigenvalue weighted by Gasteiger charge is 2.56. The van der Waals surface area contributed by atoms with Crippen LogP contribution in [-0.2, 0) is 64.0 Å². The third-order valence-corrected chi connectivity index (χ3v) is 17.7. The zero-order valence-corrected chi connectivity index (χ0v) is 39.9. The van der Waals surface area contributed by atoms with Gasteiger partial charge in [-0.3, -0.25) is 0 Å². The molecule has 12 heteroatoms. The highest BCUT2D eigenvalue weighted by atomic mass is 28.4. The average molecular weight is 941 g/mol. The Hall–Kier alpha value is -4.90. The molecule has 2 heterocycles. The van der Waals surface area contributed by atoms with Crippen molar-refractivity contribution in [3.05, 3.63) is 204 Å². The van der Waals surface area contributed by atoms with Crippen LogP contribution >= 0.6 is 0 Å². The Labute approximate surface area is 401 Å². The van der Waals surface area contributed by atoms with Gasteiger partial charge in [0.05, 0.1) is 39.6 Å². The zero-order valence-electron chi connectivity index (χ0n) is 38.9. The van der Waals surface area contributed by atoms with E-state index < -0.39 is 76.3 Å². The smallest absolute Gasteiger partial charge is 0.261 e. The van der Waals surface area contributed by atoms with Gasteiger partial charge in [-0.25, -0.2) is 0 Å². The minimum absolute atomic E-state index is 0.0339. The molecule has 0 saturated carbocycles. The Balaban J connectivity index is 1.21. The molecule has 2 aliphatic heterocycles. The first-order valence-corrected chi connectivity index (χ1v) is 25.4. The van der Waals surface area contributed by atoms with E-state index >= 15 is 0 Å². The SMILES string of the molecule is CC(C)(C)[Si](OC[C@H]1OC(O)[C@H](OCc2ccccc2)[C@@H](OCc2ccccc2)[C@@H]1O[C@H]1O[C@H](CO)[C@@H](O)[C@H](OCc2ccccc2)[C@H]1OCc1ccccc1)(c1ccccc1)c1ccccc1. The van der Waals surface area contributed by atoms with Gasteiger partial charge in [0.2, 0.25) is 0 Å². The molecule has 0 amide bonds. The summed E-state index contributed by atoms with van der Waals surface area (Å²) in [4.78, 5) is 0. The lowest BCUT2D eigenvalue weighted by molar-refractivity contribution is -0.370. The van der Waals surface area contributed by atoms with Crippen LogP contribution in [0.3, 0.4) is 0 Å². The van der Waals surface area contributed by atoms with Gasteiger partial charge in [-0.1, -0.05) is 203 Å². The first-order chi connectivity index (χ1) is 33.1. The second-order valence-corrected chi connectivity index (χ2v) is 22.7. The van der Waals surface area contributed by atoms with Crippen molar-refractivity contribution >= 4 is 18.7 Å². The summed E-state index contributed by atoms with van der Waals surface area (Å²) in [5.41, 5.74) is 3.55. The van der Waals surface area contributed by atoms with Gasteiger partial charge >= 0.3 is 0 Å². The third kappa shape index (κ3) is 11.9. The van der Waals surface area contributed by atoms with Crippen molar-refractivity contribution in [3.8, 4) is 0 Å². The van der Waals surface area contributed by atoms with Crippen molar-refractivity contribution < 1.29 is 52.9 Å². The lowest BCUT2D eigenvalue weighted by atomic mass is 9.96. The molecule has 0 aliphatic carbocycles. The van der Waals surface area contributed by atoms with Gasteiger partial charge < -0.3 is 52.9 Å². The molecule has 8 rings (SSSR count). The first kappa shape index (κ1) is 49.5. The normalized spacial score (nSPS) is 25.5. The molecule has 68 heavy (non-hydrogen) atoms. The van der Waals surface area contributed by atoms with E-state index in [2.05, 4.69) is 45.0 Å². The van der Waals surface area contributed by atoms with E-state index in [0.717, 1.165) is 32.6 Å². The number of benzene rings is 6. The second-order valence-electron chi connectivity index (χ2n) is 18.4. The van der Waals surface area contributed by atoms with E-state index in [4.69, 9.17) is 37.6 Å². The summed E-state index contributed by atoms with van der Waals surface area (Å²) in [5, 5.41) is 36.5. The molecule has 6 aromatic rings. The number of aliphatic hydroxyl groups is 3. The van der Waals surface area contributed by atoms with Crippen molar-refractivity contribution in [1.82, 2.24) is 0 Å². The summed E-state index contributed by atoms with van der Waals surface area (Å²) in [6.45, 7) is 6.59. The molecule has 0 spiro atoms. The molecule has 3 N–H and O–H groups in total. The fraction of sp³-hybridized carbons (Fsp3) is 0.357. The van der Waals surface area contributed by atoms with E-state index in [1.165, 1.54) is 0 Å². The molecule has 2 saturated heterocycles. The maximum absolute atomic E-state index is 12.2. The molecule has 10 atom stereocenters. The number of hydrogen-bond acceptors (Lipinski definition) is 11. The summed E-state index contributed by atoms with van der Waals surface area (Å²) in [6.07, 6.45) is -11.3. The van der Waals surface area contributed by atoms with Crippen LogP contribution in [-0.4, -0.2) is 98.3 Å². The second kappa shape index (κ2) is 23.6. The summed E-state index contributed by atoms with van der Waals surface area (Å²) >= 11 is 0. The Kier molecular flexibility index (Phi) is 17.2. The summed E-state index contributed by atoms with van der Waals surface area (Å²) in [5.74, 6) is 0. The van der Waals surface area contributed by atoms with Gasteiger partial charge in [-0.2, -0.15) is 0 Å². The molecule has 2 aliphatic rings. The fourth-order valence-corrected chi connectivity index (χ4v) is 13.8. The van der Waals surface area contributed by atoms with Gasteiger partial charge in [-0.05, 0) is 37.7 Å². The Morgan fingerprint density at radius 1 is 0.456 bits per heavy atom. The molecular formula is C56H64O11Si. The van der Waals surface area contributed by atoms with Gasteiger partial charge in [0.1, 0.15) is 48.8 Å². The lowest BCUT2D eigenvalue weighted by Gasteiger charge is -2.50. The minimum atomic E-state index is -3.18. The third-order valence-electron chi connectivity index (χ3n) is 12.7. The predicted molar refractivity (Wildman–Crippen MR) is 261 cm³/mol. The Morgan fingerprint density at radius 2 is 0.838 bits per heavy atom. The number of ether oxygens (including phenoxy) is 7. The van der Waals surface area contributed by atoms with Crippen LogP contribution in [0.5, 0.6) is 0 Å². The van der Waals surface area contributed by atoms with Crippen LogP contribution in [0.1, 0.15) is 43.0 Å². The highest BCUT2D eigenvalue weighted by molar-refractivity contribution is 6.99. The lowest BCUT2D eigenvalue weighted by Crippen LogP contribution is -2.69. The largest absolute Gasteiger partial charge is 0.405 e. The van der Waals surface area contributed by atoms with Crippen LogP contribution in [0, 0.1) is 0 Å². The van der Waals surface area contributed by atoms with Crippen LogP contribution in [0.15, 0.2) is 182 Å². The Morgan fingerprint density at radius 3 is 1.25 bits per heavy atom. The van der Waals surface area contributed by atoms with Crippen molar-refractivity contribution in [2.24, 2.45) is 0 Å². The fourth-order valence-electron chi connectivity index (χ4n) is 9.27. The standard InChI is InChI=1S/C56H64O11Si/c1-56(2,3)68(44-30-18-8-19-31-44,45-32-20-9-21-33-45)64-39-47-49(51(61-36-41-24-12-5-13-25-41)52(54(59)65-47)62-37-42-26-14-6-15-27-42)67-55-53(63-38-43-28-16-7-17-29-43)50(48(58)46(34-57)66-55)60-35-40-22-10-4-11-23-40/h4-33,46-55,57-59H,34-39H2,1-3H3/t46-,47-,48-,49-,50+,51+,52-,53-,54?,55-/m1/s1. The van der Waals surface area contributed by atoms with Crippen LogP contribution < -0.4 is 10.4 Å². The van der Waals surface area contributed by atoms with Crippen molar-refractivity contribution in [3.63, 3.8) is 0 Å². The van der Waals surface area contributed by atoms with Crippen molar-refractivity contribution in [2.45, 2.75) is 114 Å². The molecule has 0 bridgehead atoms. The quantitative estimate of drug-likeness (QED) is 0.0679. The molecule has 1 unspecified atom stereocenters. The molecular weight excluding hydrogens is 877 g/mol. The Bertz CT molecular complexity index is 2320. The van der Waals surface area contributed by atoms with E-state index in [1.54, 1.807) is 0 Å². The average Bonchev–Trinajstić information content (AvgIpc) is 3.37. The van der Waals surface area contributed by atoms with E-state index in [9.17, 15) is 15.3 Å². The van der Waals surface area contributed by atoms with Crippen LogP contribution in [0.25, 0.3) is 0 Å². The van der Waals surface area contributed by atoms with E-state index in [-0.39, 0.29) is 38.1 Å². The molecule has 6 aromatic carbocycles.